The normalized spacial score (nSPS) is 16.6. The van der Waals surface area contributed by atoms with Crippen LogP contribution in [0.25, 0.3) is 0 Å². The number of likely N-dealkylation sites (tertiary alicyclic amines) is 1. The molecule has 0 aliphatic carbocycles. The molecule has 5 nitrogen and oxygen atoms in total. The van der Waals surface area contributed by atoms with Crippen LogP contribution in [0.2, 0.25) is 0 Å². The lowest BCUT2D eigenvalue weighted by Crippen LogP contribution is -2.47. The third kappa shape index (κ3) is 3.80. The second kappa shape index (κ2) is 6.83. The molecule has 1 heterocycles. The van der Waals surface area contributed by atoms with E-state index in [2.05, 4.69) is 0 Å². The van der Waals surface area contributed by atoms with Crippen LogP contribution in [0.4, 0.5) is 0 Å². The second-order valence-electron chi connectivity index (χ2n) is 6.16. The van der Waals surface area contributed by atoms with E-state index < -0.39 is 11.5 Å². The van der Waals surface area contributed by atoms with Crippen molar-refractivity contribution in [3.8, 4) is 0 Å². The summed E-state index contributed by atoms with van der Waals surface area (Å²) >= 11 is 0. The first-order chi connectivity index (χ1) is 10.4. The number of carbonyl (C=O) groups excluding carboxylic acids is 3. The van der Waals surface area contributed by atoms with Crippen molar-refractivity contribution in [3.63, 3.8) is 0 Å². The topological polar surface area (TPSA) is 63.7 Å². The first kappa shape index (κ1) is 16.4. The predicted molar refractivity (Wildman–Crippen MR) is 81.1 cm³/mol. The summed E-state index contributed by atoms with van der Waals surface area (Å²) in [6.45, 7) is 4.10. The Morgan fingerprint density at radius 2 is 2.05 bits per heavy atom. The fourth-order valence-corrected chi connectivity index (χ4v) is 2.40. The number of hydrogen-bond acceptors (Lipinski definition) is 4. The van der Waals surface area contributed by atoms with Crippen LogP contribution in [0, 0.1) is 5.41 Å². The van der Waals surface area contributed by atoms with Crippen LogP contribution < -0.4 is 0 Å². The molecule has 0 spiro atoms. The number of ether oxygens (including phenoxy) is 1. The molecule has 2 rings (SSSR count). The number of Topliss-reactive ketones (excluding diaryl/α,β-unsaturated/α-hetero) is 1. The Kier molecular flexibility index (Phi) is 5.08. The highest BCUT2D eigenvalue weighted by atomic mass is 16.5. The summed E-state index contributed by atoms with van der Waals surface area (Å²) in [4.78, 5) is 36.8. The van der Waals surface area contributed by atoms with E-state index in [1.165, 1.54) is 4.90 Å². The molecule has 0 bridgehead atoms. The number of nitrogens with zero attached hydrogens (tertiary/aromatic N) is 1. The van der Waals surface area contributed by atoms with Crippen molar-refractivity contribution < 1.29 is 19.1 Å². The quantitative estimate of drug-likeness (QED) is 0.749. The van der Waals surface area contributed by atoms with Gasteiger partial charge in [0.1, 0.15) is 12.4 Å². The predicted octanol–water partition coefficient (Wildman–Crippen LogP) is 1.60. The largest absolute Gasteiger partial charge is 0.363 e. The van der Waals surface area contributed by atoms with Crippen LogP contribution in [0.1, 0.15) is 25.8 Å². The van der Waals surface area contributed by atoms with Gasteiger partial charge in [0.25, 0.3) is 5.91 Å². The van der Waals surface area contributed by atoms with Crippen molar-refractivity contribution in [3.05, 3.63) is 35.9 Å². The maximum atomic E-state index is 12.6. The van der Waals surface area contributed by atoms with Crippen LogP contribution in [0.5, 0.6) is 0 Å². The second-order valence-corrected chi connectivity index (χ2v) is 6.16. The average Bonchev–Trinajstić information content (AvgIpc) is 2.94. The van der Waals surface area contributed by atoms with Crippen LogP contribution in [0.15, 0.2) is 30.3 Å². The van der Waals surface area contributed by atoms with Gasteiger partial charge in [0.2, 0.25) is 0 Å². The molecule has 118 valence electrons. The minimum Gasteiger partial charge on any atom is -0.363 e. The molecule has 22 heavy (non-hydrogen) atoms. The molecular formula is C17H21NO4. The molecule has 0 N–H and O–H groups in total. The van der Waals surface area contributed by atoms with E-state index in [4.69, 9.17) is 4.74 Å². The number of ketones is 1. The summed E-state index contributed by atoms with van der Waals surface area (Å²) in [5, 5.41) is 0. The molecule has 1 aliphatic rings. The molecule has 1 aliphatic heterocycles. The van der Waals surface area contributed by atoms with Crippen molar-refractivity contribution in [2.24, 2.45) is 5.41 Å². The van der Waals surface area contributed by atoms with Crippen molar-refractivity contribution in [1.29, 1.82) is 0 Å². The number of carbonyl (C=O) groups is 3. The van der Waals surface area contributed by atoms with Crippen LogP contribution >= 0.6 is 0 Å². The smallest absolute Gasteiger partial charge is 0.253 e. The van der Waals surface area contributed by atoms with E-state index in [0.29, 0.717) is 13.0 Å². The SMILES string of the molecule is CC(C)(C=O)C(OCc1ccccc1)C(=O)N1CCC(=O)C1. The Bertz CT molecular complexity index is 553. The Labute approximate surface area is 130 Å². The van der Waals surface area contributed by atoms with Crippen molar-refractivity contribution in [2.45, 2.75) is 33.0 Å². The Morgan fingerprint density at radius 3 is 2.59 bits per heavy atom. The van der Waals surface area contributed by atoms with Gasteiger partial charge < -0.3 is 14.4 Å². The minimum atomic E-state index is -0.947. The van der Waals surface area contributed by atoms with Gasteiger partial charge in [-0.3, -0.25) is 9.59 Å². The molecule has 0 aromatic heterocycles. The summed E-state index contributed by atoms with van der Waals surface area (Å²) in [5.41, 5.74) is -0.0168. The highest BCUT2D eigenvalue weighted by molar-refractivity contribution is 5.92. The lowest BCUT2D eigenvalue weighted by atomic mass is 9.87. The summed E-state index contributed by atoms with van der Waals surface area (Å²) in [6.07, 6.45) is 0.216. The fourth-order valence-electron chi connectivity index (χ4n) is 2.40. The molecule has 0 saturated carbocycles. The van der Waals surface area contributed by atoms with Gasteiger partial charge in [0.05, 0.1) is 18.6 Å². The zero-order valence-corrected chi connectivity index (χ0v) is 13.0. The van der Waals surface area contributed by atoms with Crippen molar-refractivity contribution in [1.82, 2.24) is 4.90 Å². The molecule has 1 atom stereocenters. The van der Waals surface area contributed by atoms with E-state index in [1.807, 2.05) is 30.3 Å². The van der Waals surface area contributed by atoms with Gasteiger partial charge in [-0.2, -0.15) is 0 Å². The maximum absolute atomic E-state index is 12.6. The van der Waals surface area contributed by atoms with E-state index in [-0.39, 0.29) is 24.8 Å². The van der Waals surface area contributed by atoms with E-state index in [9.17, 15) is 14.4 Å². The summed E-state index contributed by atoms with van der Waals surface area (Å²) in [5.74, 6) is -0.252. The van der Waals surface area contributed by atoms with Gasteiger partial charge in [0.15, 0.2) is 5.78 Å². The first-order valence-electron chi connectivity index (χ1n) is 7.36. The fraction of sp³-hybridized carbons (Fsp3) is 0.471. The highest BCUT2D eigenvalue weighted by Crippen LogP contribution is 2.25. The number of hydrogen-bond donors (Lipinski definition) is 0. The third-order valence-corrected chi connectivity index (χ3v) is 3.80. The Morgan fingerprint density at radius 1 is 1.36 bits per heavy atom. The molecule has 1 aromatic rings. The molecule has 1 unspecified atom stereocenters. The summed E-state index contributed by atoms with van der Waals surface area (Å²) in [7, 11) is 0. The van der Waals surface area contributed by atoms with Gasteiger partial charge in [-0.1, -0.05) is 44.2 Å². The van der Waals surface area contributed by atoms with Crippen LogP contribution in [-0.4, -0.2) is 42.1 Å². The molecular weight excluding hydrogens is 282 g/mol. The van der Waals surface area contributed by atoms with E-state index in [0.717, 1.165) is 11.8 Å². The average molecular weight is 303 g/mol. The Hall–Kier alpha value is -2.01. The third-order valence-electron chi connectivity index (χ3n) is 3.80. The van der Waals surface area contributed by atoms with Gasteiger partial charge >= 0.3 is 0 Å². The monoisotopic (exact) mass is 303 g/mol. The molecule has 5 heteroatoms. The Balaban J connectivity index is 2.11. The van der Waals surface area contributed by atoms with Crippen molar-refractivity contribution >= 4 is 18.0 Å². The zero-order valence-electron chi connectivity index (χ0n) is 13.0. The van der Waals surface area contributed by atoms with Crippen molar-refractivity contribution in [2.75, 3.05) is 13.1 Å². The standard InChI is InChI=1S/C17H21NO4/c1-17(2,12-19)15(16(21)18-9-8-14(20)10-18)22-11-13-6-4-3-5-7-13/h3-7,12,15H,8-11H2,1-2H3. The zero-order chi connectivity index (χ0) is 16.2. The summed E-state index contributed by atoms with van der Waals surface area (Å²) < 4.78 is 5.76. The van der Waals surface area contributed by atoms with E-state index >= 15 is 0 Å². The first-order valence-corrected chi connectivity index (χ1v) is 7.36. The molecule has 1 saturated heterocycles. The highest BCUT2D eigenvalue weighted by Gasteiger charge is 2.40. The number of amides is 1. The van der Waals surface area contributed by atoms with Crippen LogP contribution in [0.3, 0.4) is 0 Å². The van der Waals surface area contributed by atoms with Gasteiger partial charge in [-0.05, 0) is 5.56 Å². The minimum absolute atomic E-state index is 0.0408. The molecule has 1 amide bonds. The molecule has 1 aromatic carbocycles. The van der Waals surface area contributed by atoms with Gasteiger partial charge in [-0.15, -0.1) is 0 Å². The maximum Gasteiger partial charge on any atom is 0.253 e. The lowest BCUT2D eigenvalue weighted by Gasteiger charge is -2.31. The lowest BCUT2D eigenvalue weighted by molar-refractivity contribution is -0.155. The van der Waals surface area contributed by atoms with E-state index in [1.54, 1.807) is 13.8 Å². The number of rotatable bonds is 6. The van der Waals surface area contributed by atoms with Gasteiger partial charge in [0, 0.05) is 13.0 Å². The number of benzene rings is 1. The number of aldehydes is 1. The van der Waals surface area contributed by atoms with Gasteiger partial charge in [-0.25, -0.2) is 0 Å². The van der Waals surface area contributed by atoms with Crippen LogP contribution in [-0.2, 0) is 25.7 Å². The molecule has 0 radical (unpaired) electrons. The molecule has 1 fully saturated rings. The summed E-state index contributed by atoms with van der Waals surface area (Å²) in [6, 6.07) is 9.47.